The molecule has 6 bridgehead atoms. The van der Waals surface area contributed by atoms with Crippen molar-refractivity contribution in [1.82, 2.24) is 30.2 Å². The van der Waals surface area contributed by atoms with Gasteiger partial charge in [-0.3, -0.25) is 24.4 Å². The lowest BCUT2D eigenvalue weighted by Gasteiger charge is -2.37. The molecular formula is C47H65N7O6S. The molecule has 0 spiro atoms. The number of methoxy groups -OCH3 is 1. The summed E-state index contributed by atoms with van der Waals surface area (Å²) in [6, 6.07) is 4.63. The number of hydrazine groups is 1. The highest BCUT2D eigenvalue weighted by atomic mass is 32.1. The van der Waals surface area contributed by atoms with Crippen molar-refractivity contribution < 1.29 is 28.6 Å². The molecule has 2 N–H and O–H groups in total. The molecule has 7 rings (SSSR count). The lowest BCUT2D eigenvalue weighted by atomic mass is 9.84. The van der Waals surface area contributed by atoms with E-state index in [0.29, 0.717) is 49.9 Å². The van der Waals surface area contributed by atoms with Crippen LogP contribution in [0.5, 0.6) is 0 Å². The maximum absolute atomic E-state index is 14.8. The summed E-state index contributed by atoms with van der Waals surface area (Å²) >= 11 is 1.44. The predicted molar refractivity (Wildman–Crippen MR) is 241 cm³/mol. The zero-order valence-corrected chi connectivity index (χ0v) is 38.1. The van der Waals surface area contributed by atoms with Crippen LogP contribution in [0.2, 0.25) is 0 Å². The number of benzene rings is 1. The molecule has 0 radical (unpaired) electrons. The number of carbonyl (C=O) groups excluding carboxylic acids is 3. The summed E-state index contributed by atoms with van der Waals surface area (Å²) in [5, 5.41) is 8.32. The van der Waals surface area contributed by atoms with Crippen LogP contribution in [-0.4, -0.2) is 109 Å². The Balaban J connectivity index is 1.40. The van der Waals surface area contributed by atoms with Crippen molar-refractivity contribution >= 4 is 51.8 Å². The van der Waals surface area contributed by atoms with E-state index in [0.717, 1.165) is 77.0 Å². The number of hydrogen-bond donors (Lipinski definition) is 2. The van der Waals surface area contributed by atoms with Crippen molar-refractivity contribution in [2.24, 2.45) is 28.2 Å². The van der Waals surface area contributed by atoms with Crippen LogP contribution in [0, 0.1) is 23.2 Å². The van der Waals surface area contributed by atoms with Crippen LogP contribution in [0.3, 0.4) is 0 Å². The van der Waals surface area contributed by atoms with Gasteiger partial charge in [-0.2, -0.15) is 0 Å². The molecule has 3 fully saturated rings. The second-order valence-electron chi connectivity index (χ2n) is 18.2. The zero-order chi connectivity index (χ0) is 43.6. The van der Waals surface area contributed by atoms with Crippen molar-refractivity contribution in [2.75, 3.05) is 47.0 Å². The highest BCUT2D eigenvalue weighted by Gasteiger charge is 2.45. The van der Waals surface area contributed by atoms with Crippen molar-refractivity contribution in [1.29, 1.82) is 0 Å². The molecule has 1 aliphatic carbocycles. The lowest BCUT2D eigenvalue weighted by Crippen LogP contribution is -2.61. The second-order valence-corrected chi connectivity index (χ2v) is 19.1. The largest absolute Gasteiger partial charge is 0.464 e. The molecule has 2 saturated heterocycles. The van der Waals surface area contributed by atoms with Crippen LogP contribution < -0.4 is 10.7 Å². The van der Waals surface area contributed by atoms with Gasteiger partial charge in [-0.15, -0.1) is 11.3 Å². The molecule has 330 valence electrons. The Labute approximate surface area is 364 Å². The van der Waals surface area contributed by atoms with E-state index in [1.54, 1.807) is 13.3 Å². The van der Waals surface area contributed by atoms with E-state index in [4.69, 9.17) is 24.2 Å². The Kier molecular flexibility index (Phi) is 14.0. The van der Waals surface area contributed by atoms with E-state index < -0.39 is 29.6 Å². The summed E-state index contributed by atoms with van der Waals surface area (Å²) in [7, 11) is 3.81. The first-order valence-electron chi connectivity index (χ1n) is 22.1. The topological polar surface area (TPSA) is 140 Å². The van der Waals surface area contributed by atoms with Crippen LogP contribution in [0.4, 0.5) is 0 Å². The van der Waals surface area contributed by atoms with Crippen molar-refractivity contribution in [3.63, 3.8) is 0 Å². The third-order valence-corrected chi connectivity index (χ3v) is 13.9. The number of thiazole rings is 1. The van der Waals surface area contributed by atoms with Gasteiger partial charge in [0.1, 0.15) is 23.2 Å². The molecule has 0 unspecified atom stereocenters. The van der Waals surface area contributed by atoms with E-state index in [1.165, 1.54) is 16.3 Å². The van der Waals surface area contributed by atoms with Gasteiger partial charge in [0.2, 0.25) is 5.91 Å². The molecule has 61 heavy (non-hydrogen) atoms. The van der Waals surface area contributed by atoms with Crippen LogP contribution in [-0.2, 0) is 41.6 Å². The number of nitrogens with zero attached hydrogens (tertiary/aromatic N) is 5. The van der Waals surface area contributed by atoms with Crippen LogP contribution in [0.25, 0.3) is 27.7 Å². The number of likely N-dealkylation sites (tertiary alicyclic amines) is 1. The summed E-state index contributed by atoms with van der Waals surface area (Å²) in [4.78, 5) is 54.9. The number of ether oxygens (including phenoxy) is 3. The van der Waals surface area contributed by atoms with Crippen LogP contribution in [0.15, 0.2) is 46.9 Å². The Morgan fingerprint density at radius 1 is 1.21 bits per heavy atom. The van der Waals surface area contributed by atoms with Gasteiger partial charge < -0.3 is 29.0 Å². The van der Waals surface area contributed by atoms with Gasteiger partial charge in [0.05, 0.1) is 36.4 Å². The van der Waals surface area contributed by atoms with Crippen molar-refractivity contribution in [3.8, 4) is 11.3 Å². The van der Waals surface area contributed by atoms with E-state index >= 15 is 0 Å². The first kappa shape index (κ1) is 44.8. The third-order valence-electron chi connectivity index (χ3n) is 12.9. The fourth-order valence-corrected chi connectivity index (χ4v) is 10.00. The second kappa shape index (κ2) is 19.0. The number of carbonyl (C=O) groups is 3. The van der Waals surface area contributed by atoms with Crippen LogP contribution in [0.1, 0.15) is 96.0 Å². The monoisotopic (exact) mass is 855 g/mol. The maximum Gasteiger partial charge on any atom is 0.324 e. The average Bonchev–Trinajstić information content (AvgIpc) is 3.66. The number of amides is 2. The quantitative estimate of drug-likeness (QED) is 0.119. The Bertz CT molecular complexity index is 2170. The summed E-state index contributed by atoms with van der Waals surface area (Å²) in [5.41, 5.74) is 9.16. The molecule has 4 aliphatic rings. The maximum atomic E-state index is 14.8. The number of esters is 1. The van der Waals surface area contributed by atoms with Crippen molar-refractivity contribution in [2.45, 2.75) is 111 Å². The number of piperidine rings is 1. The molecule has 6 atom stereocenters. The minimum atomic E-state index is -1.07. The van der Waals surface area contributed by atoms with Gasteiger partial charge in [-0.1, -0.05) is 39.5 Å². The molecule has 3 aromatic rings. The van der Waals surface area contributed by atoms with Gasteiger partial charge in [0.25, 0.3) is 5.91 Å². The van der Waals surface area contributed by atoms with Gasteiger partial charge in [0, 0.05) is 65.2 Å². The number of aromatic nitrogens is 2. The summed E-state index contributed by atoms with van der Waals surface area (Å²) in [6.45, 7) is 20.2. The minimum Gasteiger partial charge on any atom is -0.464 e. The summed E-state index contributed by atoms with van der Waals surface area (Å²) in [5.74, 6) is -0.558. The minimum absolute atomic E-state index is 0.151. The standard InChI is InChI=1S/C47H65N7O6S/c1-10-32(39(48-11-2)29(5)58-9)41-35-24-47(6,7)27-60-46(57)36-14-13-19-54(51-36)45(56)40(50-43(55)33-22-28(33)4)42(59-25-30-17-20-52(8)21-18-30)44-49-37(26-61-44)31-15-16-38(34(35)23-31)53(41)12-3/h10-11,15-16,23,26,28-30,33,36,40,42,51H,1,12-14,17-22,24-25,27H2,2-9H3,(H,50,55)/b39-32+,48-11?/t28-,29-,33-,36-,40-,42-/m0/s1. The zero-order valence-electron chi connectivity index (χ0n) is 37.3. The Morgan fingerprint density at radius 2 is 1.97 bits per heavy atom. The normalized spacial score (nSPS) is 26.2. The highest BCUT2D eigenvalue weighted by molar-refractivity contribution is 7.10. The van der Waals surface area contributed by atoms with Gasteiger partial charge >= 0.3 is 5.97 Å². The average molecular weight is 856 g/mol. The molecule has 1 saturated carbocycles. The summed E-state index contributed by atoms with van der Waals surface area (Å²) < 4.78 is 21.1. The smallest absolute Gasteiger partial charge is 0.324 e. The first-order chi connectivity index (χ1) is 29.3. The summed E-state index contributed by atoms with van der Waals surface area (Å²) in [6.07, 6.45) is 6.89. The number of nitrogens with one attached hydrogen (secondary N) is 2. The Morgan fingerprint density at radius 3 is 2.64 bits per heavy atom. The number of aliphatic imine (C=N–C) groups is 1. The highest BCUT2D eigenvalue weighted by Crippen LogP contribution is 2.42. The molecule has 2 aromatic heterocycles. The number of allylic oxidation sites excluding steroid dienone is 2. The fourth-order valence-electron chi connectivity index (χ4n) is 9.09. The van der Waals surface area contributed by atoms with Crippen molar-refractivity contribution in [3.05, 3.63) is 58.2 Å². The number of rotatable bonds is 11. The molecule has 14 heteroatoms. The van der Waals surface area contributed by atoms with Gasteiger partial charge in [-0.05, 0) is 109 Å². The lowest BCUT2D eigenvalue weighted by molar-refractivity contribution is -0.157. The van der Waals surface area contributed by atoms with Gasteiger partial charge in [0.15, 0.2) is 0 Å². The number of fused-ring (bicyclic) bond motifs is 6. The number of cyclic esters (lactones) is 1. The Hall–Kier alpha value is -4.21. The van der Waals surface area contributed by atoms with E-state index in [-0.39, 0.29) is 36.4 Å². The van der Waals surface area contributed by atoms with E-state index in [9.17, 15) is 14.4 Å². The number of hydrogen-bond acceptors (Lipinski definition) is 11. The molecule has 5 heterocycles. The van der Waals surface area contributed by atoms with Gasteiger partial charge in [-0.25, -0.2) is 10.4 Å². The molecular weight excluding hydrogens is 791 g/mol. The molecule has 1 aromatic carbocycles. The molecule has 13 nitrogen and oxygen atoms in total. The third kappa shape index (κ3) is 9.73. The predicted octanol–water partition coefficient (Wildman–Crippen LogP) is 6.97. The molecule has 3 aliphatic heterocycles. The van der Waals surface area contributed by atoms with E-state index in [1.807, 2.05) is 32.2 Å². The van der Waals surface area contributed by atoms with Crippen LogP contribution >= 0.6 is 11.3 Å². The molecule has 2 amide bonds. The number of aryl methyl sites for hydroxylation is 1. The first-order valence-corrected chi connectivity index (χ1v) is 23.0. The SMILES string of the molecule is C=C/C(=C(\N=CC)[C@H](C)OC)c1c2c3cc(ccc3n1CC)-c1csc(n1)[C@@H](OCC1CCN(C)CC1)[C@H](NC(=O)[C@H]1C[C@@H]1C)C(=O)N1CCC[C@H](N1)C(=O)OCC(C)(C)C2. The van der Waals surface area contributed by atoms with E-state index in [2.05, 4.69) is 72.8 Å². The fraction of sp³-hybridized carbons (Fsp3) is 0.596.